The van der Waals surface area contributed by atoms with Crippen LogP contribution in [-0.2, 0) is 4.79 Å². The highest BCUT2D eigenvalue weighted by Gasteiger charge is 2.27. The van der Waals surface area contributed by atoms with Gasteiger partial charge in [-0.15, -0.1) is 5.10 Å². The van der Waals surface area contributed by atoms with E-state index in [0.29, 0.717) is 11.2 Å². The summed E-state index contributed by atoms with van der Waals surface area (Å²) in [5.74, 6) is 0.0436. The second-order valence-electron chi connectivity index (χ2n) is 5.68. The fourth-order valence-electron chi connectivity index (χ4n) is 2.03. The summed E-state index contributed by atoms with van der Waals surface area (Å²) < 4.78 is 1.68. The van der Waals surface area contributed by atoms with E-state index in [4.69, 9.17) is 0 Å². The highest BCUT2D eigenvalue weighted by Crippen LogP contribution is 2.25. The Balaban J connectivity index is 1.76. The lowest BCUT2D eigenvalue weighted by molar-refractivity contribution is -0.120. The third-order valence-electron chi connectivity index (χ3n) is 3.75. The van der Waals surface area contributed by atoms with Gasteiger partial charge in [0.2, 0.25) is 11.1 Å². The van der Waals surface area contributed by atoms with E-state index < -0.39 is 0 Å². The quantitative estimate of drug-likeness (QED) is 0.854. The minimum absolute atomic E-state index is 0.0436. The van der Waals surface area contributed by atoms with Crippen molar-refractivity contribution in [3.8, 4) is 5.69 Å². The van der Waals surface area contributed by atoms with Crippen molar-refractivity contribution in [2.45, 2.75) is 50.1 Å². The number of benzene rings is 1. The molecule has 0 saturated heterocycles. The lowest BCUT2D eigenvalue weighted by Crippen LogP contribution is -2.32. The van der Waals surface area contributed by atoms with Crippen molar-refractivity contribution >= 4 is 17.7 Å². The van der Waals surface area contributed by atoms with Crippen LogP contribution in [0.5, 0.6) is 0 Å². The number of hydrogen-bond acceptors (Lipinski definition) is 5. The van der Waals surface area contributed by atoms with Crippen LogP contribution in [0.15, 0.2) is 23.4 Å². The van der Waals surface area contributed by atoms with E-state index in [2.05, 4.69) is 34.7 Å². The van der Waals surface area contributed by atoms with Crippen molar-refractivity contribution < 1.29 is 4.79 Å². The minimum atomic E-state index is -0.225. The van der Waals surface area contributed by atoms with Crippen LogP contribution in [0, 0.1) is 13.8 Å². The van der Waals surface area contributed by atoms with Gasteiger partial charge >= 0.3 is 0 Å². The number of thioether (sulfide) groups is 1. The third-order valence-corrected chi connectivity index (χ3v) is 4.78. The van der Waals surface area contributed by atoms with Gasteiger partial charge in [-0.2, -0.15) is 4.68 Å². The Morgan fingerprint density at radius 2 is 2.14 bits per heavy atom. The van der Waals surface area contributed by atoms with Crippen molar-refractivity contribution in [1.82, 2.24) is 25.5 Å². The molecule has 0 spiro atoms. The summed E-state index contributed by atoms with van der Waals surface area (Å²) in [6.45, 7) is 6.00. The van der Waals surface area contributed by atoms with Crippen LogP contribution in [0.2, 0.25) is 0 Å². The molecule has 1 atom stereocenters. The molecule has 1 amide bonds. The zero-order valence-corrected chi connectivity index (χ0v) is 13.7. The van der Waals surface area contributed by atoms with E-state index in [9.17, 15) is 4.79 Å². The molecule has 116 valence electrons. The Morgan fingerprint density at radius 3 is 2.82 bits per heavy atom. The molecule has 1 saturated carbocycles. The second-order valence-corrected chi connectivity index (χ2v) is 6.99. The Hall–Kier alpha value is -1.89. The van der Waals surface area contributed by atoms with E-state index in [-0.39, 0.29) is 11.2 Å². The van der Waals surface area contributed by atoms with Gasteiger partial charge in [-0.1, -0.05) is 17.8 Å². The van der Waals surface area contributed by atoms with E-state index >= 15 is 0 Å². The SMILES string of the molecule is Cc1ccc(-n2nnnc2S[C@H](C)C(=O)NC2CC2)cc1C. The second kappa shape index (κ2) is 6.08. The van der Waals surface area contributed by atoms with Gasteiger partial charge in [0, 0.05) is 6.04 Å². The summed E-state index contributed by atoms with van der Waals surface area (Å²) in [7, 11) is 0. The van der Waals surface area contributed by atoms with Crippen LogP contribution < -0.4 is 5.32 Å². The van der Waals surface area contributed by atoms with Crippen LogP contribution in [0.3, 0.4) is 0 Å². The molecule has 22 heavy (non-hydrogen) atoms. The van der Waals surface area contributed by atoms with Crippen LogP contribution in [0.4, 0.5) is 0 Å². The van der Waals surface area contributed by atoms with E-state index in [1.165, 1.54) is 22.9 Å². The fourth-order valence-corrected chi connectivity index (χ4v) is 2.85. The number of aromatic nitrogens is 4. The first-order chi connectivity index (χ1) is 10.5. The molecule has 0 unspecified atom stereocenters. The molecular weight excluding hydrogens is 298 g/mol. The zero-order chi connectivity index (χ0) is 15.7. The number of tetrazole rings is 1. The standard InChI is InChI=1S/C15H19N5OS/c1-9-4-7-13(8-10(9)2)20-15(17-18-19-20)22-11(3)14(21)16-12-5-6-12/h4,7-8,11-12H,5-6H2,1-3H3,(H,16,21)/t11-/m1/s1. The van der Waals surface area contributed by atoms with Gasteiger partial charge in [0.1, 0.15) is 0 Å². The number of aryl methyl sites for hydroxylation is 2. The normalized spacial score (nSPS) is 15.6. The average Bonchev–Trinajstić information content (AvgIpc) is 3.18. The first kappa shape index (κ1) is 15.0. The van der Waals surface area contributed by atoms with Crippen LogP contribution in [0.1, 0.15) is 30.9 Å². The van der Waals surface area contributed by atoms with Gasteiger partial charge in [-0.3, -0.25) is 4.79 Å². The maximum absolute atomic E-state index is 12.1. The van der Waals surface area contributed by atoms with Crippen molar-refractivity contribution in [3.05, 3.63) is 29.3 Å². The molecule has 6 nitrogen and oxygen atoms in total. The van der Waals surface area contributed by atoms with Gasteiger partial charge < -0.3 is 5.32 Å². The van der Waals surface area contributed by atoms with Crippen molar-refractivity contribution in [2.24, 2.45) is 0 Å². The Bertz CT molecular complexity index is 695. The Labute approximate surface area is 133 Å². The summed E-state index contributed by atoms with van der Waals surface area (Å²) >= 11 is 1.37. The molecule has 0 aliphatic heterocycles. The Kier molecular flexibility index (Phi) is 4.15. The monoisotopic (exact) mass is 317 g/mol. The first-order valence-corrected chi connectivity index (χ1v) is 8.25. The molecule has 0 bridgehead atoms. The van der Waals surface area contributed by atoms with E-state index in [1.54, 1.807) is 4.68 Å². The van der Waals surface area contributed by atoms with Gasteiger partial charge in [0.15, 0.2) is 0 Å². The highest BCUT2D eigenvalue weighted by atomic mass is 32.2. The highest BCUT2D eigenvalue weighted by molar-refractivity contribution is 8.00. The number of nitrogens with zero attached hydrogens (tertiary/aromatic N) is 4. The summed E-state index contributed by atoms with van der Waals surface area (Å²) in [6, 6.07) is 6.44. The van der Waals surface area contributed by atoms with Crippen molar-refractivity contribution in [2.75, 3.05) is 0 Å². The smallest absolute Gasteiger partial charge is 0.233 e. The molecule has 7 heteroatoms. The topological polar surface area (TPSA) is 72.7 Å². The molecule has 1 aromatic carbocycles. The van der Waals surface area contributed by atoms with Crippen LogP contribution in [-0.4, -0.2) is 37.4 Å². The number of amides is 1. The lowest BCUT2D eigenvalue weighted by Gasteiger charge is -2.11. The summed E-state index contributed by atoms with van der Waals surface area (Å²) in [5.41, 5.74) is 3.32. The molecule has 1 N–H and O–H groups in total. The van der Waals surface area contributed by atoms with Crippen molar-refractivity contribution in [1.29, 1.82) is 0 Å². The molecule has 1 heterocycles. The predicted octanol–water partition coefficient (Wildman–Crippen LogP) is 2.04. The molecule has 2 aromatic rings. The predicted molar refractivity (Wildman–Crippen MR) is 85.1 cm³/mol. The molecule has 0 radical (unpaired) electrons. The fraction of sp³-hybridized carbons (Fsp3) is 0.467. The maximum atomic E-state index is 12.1. The van der Waals surface area contributed by atoms with Crippen LogP contribution in [0.25, 0.3) is 5.69 Å². The summed E-state index contributed by atoms with van der Waals surface area (Å²) in [5, 5.41) is 15.2. The van der Waals surface area contributed by atoms with Gasteiger partial charge in [-0.05, 0) is 67.3 Å². The molecule has 1 aliphatic rings. The first-order valence-electron chi connectivity index (χ1n) is 7.37. The Morgan fingerprint density at radius 1 is 1.36 bits per heavy atom. The number of hydrogen-bond donors (Lipinski definition) is 1. The number of nitrogens with one attached hydrogen (secondary N) is 1. The summed E-state index contributed by atoms with van der Waals surface area (Å²) in [6.07, 6.45) is 2.17. The number of rotatable bonds is 5. The molecular formula is C15H19N5OS. The zero-order valence-electron chi connectivity index (χ0n) is 12.9. The molecule has 1 aliphatic carbocycles. The summed E-state index contributed by atoms with van der Waals surface area (Å²) in [4.78, 5) is 12.1. The minimum Gasteiger partial charge on any atom is -0.352 e. The molecule has 1 aromatic heterocycles. The average molecular weight is 317 g/mol. The van der Waals surface area contributed by atoms with E-state index in [1.807, 2.05) is 25.1 Å². The third kappa shape index (κ3) is 3.30. The maximum Gasteiger partial charge on any atom is 0.233 e. The number of carbonyl (C=O) groups is 1. The van der Waals surface area contributed by atoms with E-state index in [0.717, 1.165) is 18.5 Å². The largest absolute Gasteiger partial charge is 0.352 e. The van der Waals surface area contributed by atoms with Gasteiger partial charge in [0.25, 0.3) is 0 Å². The molecule has 3 rings (SSSR count). The van der Waals surface area contributed by atoms with Gasteiger partial charge in [0.05, 0.1) is 10.9 Å². The number of carbonyl (C=O) groups excluding carboxylic acids is 1. The lowest BCUT2D eigenvalue weighted by atomic mass is 10.1. The van der Waals surface area contributed by atoms with Gasteiger partial charge in [-0.25, -0.2) is 0 Å². The van der Waals surface area contributed by atoms with Crippen LogP contribution >= 0.6 is 11.8 Å². The van der Waals surface area contributed by atoms with Crippen molar-refractivity contribution in [3.63, 3.8) is 0 Å². The molecule has 1 fully saturated rings.